The quantitative estimate of drug-likeness (QED) is 0.446. The number of hydrogen-bond donors (Lipinski definition) is 1. The number of ether oxygens (including phenoxy) is 1. The van der Waals surface area contributed by atoms with Gasteiger partial charge in [-0.1, -0.05) is 32.9 Å². The molecular formula is C26H22N4O2. The molecule has 0 aliphatic rings. The Labute approximate surface area is 186 Å². The first-order chi connectivity index (χ1) is 15.3. The van der Waals surface area contributed by atoms with Crippen LogP contribution in [0, 0.1) is 11.3 Å². The number of aromatic nitrogens is 2. The van der Waals surface area contributed by atoms with Crippen LogP contribution in [0.5, 0.6) is 11.5 Å². The molecule has 6 heteroatoms. The first-order valence-electron chi connectivity index (χ1n) is 10.2. The minimum Gasteiger partial charge on any atom is -0.457 e. The number of fused-ring (bicyclic) bond motifs is 1. The maximum Gasteiger partial charge on any atom is 0.257 e. The number of rotatable bonds is 4. The van der Waals surface area contributed by atoms with Crippen LogP contribution in [-0.2, 0) is 5.41 Å². The van der Waals surface area contributed by atoms with Crippen molar-refractivity contribution < 1.29 is 9.53 Å². The van der Waals surface area contributed by atoms with Crippen LogP contribution in [0.4, 0.5) is 5.69 Å². The number of hydrogen-bond acceptors (Lipinski definition) is 5. The molecule has 1 amide bonds. The summed E-state index contributed by atoms with van der Waals surface area (Å²) in [5.41, 5.74) is 3.35. The predicted octanol–water partition coefficient (Wildman–Crippen LogP) is 5.84. The lowest BCUT2D eigenvalue weighted by molar-refractivity contribution is 0.102. The molecule has 32 heavy (non-hydrogen) atoms. The molecule has 6 nitrogen and oxygen atoms in total. The molecule has 0 saturated carbocycles. The molecule has 158 valence electrons. The van der Waals surface area contributed by atoms with Crippen molar-refractivity contribution in [2.45, 2.75) is 26.2 Å². The van der Waals surface area contributed by atoms with Crippen molar-refractivity contribution >= 4 is 22.5 Å². The van der Waals surface area contributed by atoms with Crippen LogP contribution in [-0.4, -0.2) is 15.9 Å². The van der Waals surface area contributed by atoms with E-state index in [0.717, 1.165) is 22.2 Å². The number of pyridine rings is 2. The summed E-state index contributed by atoms with van der Waals surface area (Å²) >= 11 is 0. The van der Waals surface area contributed by atoms with E-state index < -0.39 is 0 Å². The Morgan fingerprint density at radius 1 is 1.00 bits per heavy atom. The summed E-state index contributed by atoms with van der Waals surface area (Å²) in [6, 6.07) is 20.3. The van der Waals surface area contributed by atoms with Gasteiger partial charge in [-0.25, -0.2) is 4.98 Å². The molecule has 0 bridgehead atoms. The third kappa shape index (κ3) is 4.73. The van der Waals surface area contributed by atoms with E-state index >= 15 is 0 Å². The summed E-state index contributed by atoms with van der Waals surface area (Å²) in [4.78, 5) is 21.2. The summed E-state index contributed by atoms with van der Waals surface area (Å²) in [6.07, 6.45) is 3.08. The zero-order chi connectivity index (χ0) is 22.7. The highest BCUT2D eigenvalue weighted by molar-refractivity contribution is 6.05. The number of carbonyl (C=O) groups is 1. The topological polar surface area (TPSA) is 87.9 Å². The largest absolute Gasteiger partial charge is 0.457 e. The van der Waals surface area contributed by atoms with Gasteiger partial charge in [0.15, 0.2) is 0 Å². The first kappa shape index (κ1) is 21.0. The fourth-order valence-electron chi connectivity index (χ4n) is 3.24. The van der Waals surface area contributed by atoms with Crippen LogP contribution in [0.2, 0.25) is 0 Å². The van der Waals surface area contributed by atoms with Gasteiger partial charge in [-0.05, 0) is 53.4 Å². The number of amides is 1. The zero-order valence-corrected chi connectivity index (χ0v) is 18.1. The van der Waals surface area contributed by atoms with Gasteiger partial charge in [-0.3, -0.25) is 9.78 Å². The van der Waals surface area contributed by atoms with Gasteiger partial charge in [0.05, 0.1) is 11.1 Å². The molecule has 0 aliphatic heterocycles. The molecule has 4 aromatic rings. The van der Waals surface area contributed by atoms with Crippen molar-refractivity contribution in [2.75, 3.05) is 5.32 Å². The van der Waals surface area contributed by atoms with E-state index in [-0.39, 0.29) is 17.0 Å². The highest BCUT2D eigenvalue weighted by Gasteiger charge is 2.15. The van der Waals surface area contributed by atoms with Gasteiger partial charge in [-0.2, -0.15) is 5.26 Å². The number of nitrogens with zero attached hydrogens (tertiary/aromatic N) is 3. The van der Waals surface area contributed by atoms with Crippen LogP contribution >= 0.6 is 0 Å². The second-order valence-corrected chi connectivity index (χ2v) is 8.45. The van der Waals surface area contributed by atoms with Crippen LogP contribution in [0.25, 0.3) is 10.9 Å². The second-order valence-electron chi connectivity index (χ2n) is 8.45. The molecule has 0 saturated heterocycles. The first-order valence-corrected chi connectivity index (χ1v) is 10.2. The van der Waals surface area contributed by atoms with E-state index in [1.54, 1.807) is 30.5 Å². The fourth-order valence-corrected chi connectivity index (χ4v) is 3.24. The minimum absolute atomic E-state index is 0.00946. The summed E-state index contributed by atoms with van der Waals surface area (Å²) < 4.78 is 5.85. The van der Waals surface area contributed by atoms with E-state index in [9.17, 15) is 4.79 Å². The van der Waals surface area contributed by atoms with Crippen LogP contribution in [0.15, 0.2) is 73.1 Å². The highest BCUT2D eigenvalue weighted by Crippen LogP contribution is 2.27. The Hall–Kier alpha value is -4.24. The molecule has 0 atom stereocenters. The lowest BCUT2D eigenvalue weighted by Crippen LogP contribution is -2.15. The maximum atomic E-state index is 12.8. The Bertz CT molecular complexity index is 1350. The summed E-state index contributed by atoms with van der Waals surface area (Å²) in [7, 11) is 0. The van der Waals surface area contributed by atoms with Crippen molar-refractivity contribution in [3.05, 3.63) is 89.9 Å². The van der Waals surface area contributed by atoms with E-state index in [0.29, 0.717) is 17.1 Å². The molecule has 1 N–H and O–H groups in total. The van der Waals surface area contributed by atoms with Crippen molar-refractivity contribution in [2.24, 2.45) is 0 Å². The SMILES string of the molecule is CC(C)(C)c1cccc(NC(=O)c2cnc3ccc(Oc4ccnc(C#N)c4)cc3c2)c1. The average Bonchev–Trinajstić information content (AvgIpc) is 2.78. The van der Waals surface area contributed by atoms with E-state index in [1.165, 1.54) is 6.20 Å². The number of benzene rings is 2. The molecule has 0 spiro atoms. The number of anilines is 1. The molecule has 0 radical (unpaired) electrons. The second kappa shape index (κ2) is 8.48. The number of nitrogens with one attached hydrogen (secondary N) is 1. The molecule has 4 rings (SSSR count). The normalized spacial score (nSPS) is 11.1. The lowest BCUT2D eigenvalue weighted by atomic mass is 9.87. The van der Waals surface area contributed by atoms with Gasteiger partial charge >= 0.3 is 0 Å². The molecule has 0 unspecified atom stereocenters. The zero-order valence-electron chi connectivity index (χ0n) is 18.1. The molecular weight excluding hydrogens is 400 g/mol. The van der Waals surface area contributed by atoms with Crippen LogP contribution < -0.4 is 10.1 Å². The van der Waals surface area contributed by atoms with Gasteiger partial charge < -0.3 is 10.1 Å². The standard InChI is InChI=1S/C26H22N4O2/c1-26(2,3)19-5-4-6-20(13-19)30-25(31)18-11-17-12-22(7-8-24(17)29-16-18)32-23-9-10-28-21(14-23)15-27/h4-14,16H,1-3H3,(H,30,31). The number of nitriles is 1. The summed E-state index contributed by atoms with van der Waals surface area (Å²) in [5, 5.41) is 12.7. The Kier molecular flexibility index (Phi) is 5.57. The third-order valence-corrected chi connectivity index (χ3v) is 4.98. The molecule has 0 fully saturated rings. The van der Waals surface area contributed by atoms with Crippen molar-refractivity contribution in [3.63, 3.8) is 0 Å². The van der Waals surface area contributed by atoms with Gasteiger partial charge in [-0.15, -0.1) is 0 Å². The van der Waals surface area contributed by atoms with Crippen molar-refractivity contribution in [3.8, 4) is 17.6 Å². The Balaban J connectivity index is 1.57. The molecule has 2 aromatic carbocycles. The van der Waals surface area contributed by atoms with Gasteiger partial charge in [0.25, 0.3) is 5.91 Å². The van der Waals surface area contributed by atoms with Gasteiger partial charge in [0.2, 0.25) is 0 Å². The van der Waals surface area contributed by atoms with E-state index in [1.807, 2.05) is 36.4 Å². The average molecular weight is 422 g/mol. The predicted molar refractivity (Wildman–Crippen MR) is 124 cm³/mol. The smallest absolute Gasteiger partial charge is 0.257 e. The lowest BCUT2D eigenvalue weighted by Gasteiger charge is -2.19. The highest BCUT2D eigenvalue weighted by atomic mass is 16.5. The summed E-state index contributed by atoms with van der Waals surface area (Å²) in [6.45, 7) is 6.40. The van der Waals surface area contributed by atoms with Crippen LogP contribution in [0.1, 0.15) is 42.4 Å². The minimum atomic E-state index is -0.232. The molecule has 2 heterocycles. The fraction of sp³-hybridized carbons (Fsp3) is 0.154. The van der Waals surface area contributed by atoms with Gasteiger partial charge in [0.1, 0.15) is 23.3 Å². The van der Waals surface area contributed by atoms with E-state index in [2.05, 4.69) is 42.1 Å². The Morgan fingerprint density at radius 3 is 2.59 bits per heavy atom. The maximum absolute atomic E-state index is 12.8. The van der Waals surface area contributed by atoms with Crippen molar-refractivity contribution in [1.82, 2.24) is 9.97 Å². The summed E-state index contributed by atoms with van der Waals surface area (Å²) in [5.74, 6) is 0.853. The van der Waals surface area contributed by atoms with Crippen molar-refractivity contribution in [1.29, 1.82) is 5.26 Å². The number of carbonyl (C=O) groups excluding carboxylic acids is 1. The molecule has 0 aliphatic carbocycles. The van der Waals surface area contributed by atoms with Gasteiger partial charge in [0, 0.05) is 29.5 Å². The van der Waals surface area contributed by atoms with E-state index in [4.69, 9.17) is 10.00 Å². The monoisotopic (exact) mass is 422 g/mol. The third-order valence-electron chi connectivity index (χ3n) is 4.98. The van der Waals surface area contributed by atoms with Crippen LogP contribution in [0.3, 0.4) is 0 Å². The molecule has 2 aromatic heterocycles. The Morgan fingerprint density at radius 2 is 1.81 bits per heavy atom.